The summed E-state index contributed by atoms with van der Waals surface area (Å²) in [5.41, 5.74) is 1.14. The van der Waals surface area contributed by atoms with E-state index in [0.29, 0.717) is 36.5 Å². The molecule has 8 nitrogen and oxygen atoms in total. The highest BCUT2D eigenvalue weighted by atomic mass is 16.5. The third kappa shape index (κ3) is 3.45. The normalized spacial score (nSPS) is 25.2. The Balaban J connectivity index is 1.80. The fourth-order valence-electron chi connectivity index (χ4n) is 3.03. The fourth-order valence-corrected chi connectivity index (χ4v) is 3.03. The van der Waals surface area contributed by atoms with E-state index in [2.05, 4.69) is 17.2 Å². The zero-order valence-electron chi connectivity index (χ0n) is 13.9. The van der Waals surface area contributed by atoms with Crippen LogP contribution < -0.4 is 15.4 Å². The van der Waals surface area contributed by atoms with Gasteiger partial charge in [0.25, 0.3) is 5.91 Å². The highest BCUT2D eigenvalue weighted by Crippen LogP contribution is 2.30. The Labute approximate surface area is 145 Å². The summed E-state index contributed by atoms with van der Waals surface area (Å²) in [7, 11) is 1.56. The minimum absolute atomic E-state index is 0.179. The number of carboxylic acids is 1. The monoisotopic (exact) mass is 347 g/mol. The van der Waals surface area contributed by atoms with Gasteiger partial charge in [0.15, 0.2) is 0 Å². The van der Waals surface area contributed by atoms with Crippen LogP contribution in [-0.2, 0) is 9.53 Å². The standard InChI is InChI=1S/C17H21N3O5/c1-3-6-20-15(21)12-5-4-10(24-2)7-13(12)19-17(20)25-11-8-14(16(22)23)18-9-11/h3-5,7,11,14,17-19H,1,6,8-9H2,2H3,(H,22,23)/t11?,14-,17?/m0/s1. The Morgan fingerprint density at radius 1 is 1.52 bits per heavy atom. The minimum Gasteiger partial charge on any atom is -0.497 e. The second-order valence-corrected chi connectivity index (χ2v) is 5.95. The highest BCUT2D eigenvalue weighted by Gasteiger charge is 2.37. The Bertz CT molecular complexity index is 693. The summed E-state index contributed by atoms with van der Waals surface area (Å²) in [6, 6.07) is 4.53. The molecule has 0 spiro atoms. The molecule has 1 aromatic rings. The van der Waals surface area contributed by atoms with Gasteiger partial charge in [0, 0.05) is 25.6 Å². The van der Waals surface area contributed by atoms with Crippen LogP contribution in [0.1, 0.15) is 16.8 Å². The molecule has 0 aliphatic carbocycles. The number of nitrogens with one attached hydrogen (secondary N) is 2. The lowest BCUT2D eigenvalue weighted by atomic mass is 10.1. The first-order chi connectivity index (χ1) is 12.0. The van der Waals surface area contributed by atoms with Crippen LogP contribution in [0.2, 0.25) is 0 Å². The lowest BCUT2D eigenvalue weighted by Gasteiger charge is -2.38. The minimum atomic E-state index is -0.906. The van der Waals surface area contributed by atoms with E-state index in [-0.39, 0.29) is 12.0 Å². The number of carboxylic acid groups (broad SMARTS) is 1. The maximum Gasteiger partial charge on any atom is 0.320 e. The van der Waals surface area contributed by atoms with Gasteiger partial charge in [-0.1, -0.05) is 6.08 Å². The van der Waals surface area contributed by atoms with Gasteiger partial charge in [-0.15, -0.1) is 6.58 Å². The van der Waals surface area contributed by atoms with Crippen molar-refractivity contribution in [1.29, 1.82) is 0 Å². The summed E-state index contributed by atoms with van der Waals surface area (Å²) in [5.74, 6) is -0.456. The molecule has 0 saturated carbocycles. The number of fused-ring (bicyclic) bond motifs is 1. The van der Waals surface area contributed by atoms with Crippen molar-refractivity contribution in [2.45, 2.75) is 24.9 Å². The maximum absolute atomic E-state index is 12.8. The van der Waals surface area contributed by atoms with Gasteiger partial charge in [-0.2, -0.15) is 0 Å². The largest absolute Gasteiger partial charge is 0.497 e. The summed E-state index contributed by atoms with van der Waals surface area (Å²) < 4.78 is 11.2. The van der Waals surface area contributed by atoms with Crippen LogP contribution in [0, 0.1) is 0 Å². The molecule has 3 rings (SSSR count). The van der Waals surface area contributed by atoms with Crippen LogP contribution >= 0.6 is 0 Å². The molecule has 2 aliphatic heterocycles. The zero-order valence-corrected chi connectivity index (χ0v) is 13.9. The van der Waals surface area contributed by atoms with Crippen molar-refractivity contribution in [1.82, 2.24) is 10.2 Å². The number of methoxy groups -OCH3 is 1. The summed E-state index contributed by atoms with van der Waals surface area (Å²) in [4.78, 5) is 25.4. The molecular weight excluding hydrogens is 326 g/mol. The predicted octanol–water partition coefficient (Wildman–Crippen LogP) is 0.864. The van der Waals surface area contributed by atoms with Crippen molar-refractivity contribution in [2.24, 2.45) is 0 Å². The van der Waals surface area contributed by atoms with Gasteiger partial charge in [-0.05, 0) is 12.1 Å². The Kier molecular flexibility index (Phi) is 4.91. The summed E-state index contributed by atoms with van der Waals surface area (Å²) in [6.07, 6.45) is 0.946. The quantitative estimate of drug-likeness (QED) is 0.656. The van der Waals surface area contributed by atoms with Crippen LogP contribution in [0.5, 0.6) is 5.75 Å². The topological polar surface area (TPSA) is 100 Å². The second kappa shape index (κ2) is 7.12. The molecule has 1 saturated heterocycles. The summed E-state index contributed by atoms with van der Waals surface area (Å²) >= 11 is 0. The smallest absolute Gasteiger partial charge is 0.320 e. The van der Waals surface area contributed by atoms with Crippen LogP contribution in [0.15, 0.2) is 30.9 Å². The third-order valence-corrected chi connectivity index (χ3v) is 4.32. The number of hydrogen-bond donors (Lipinski definition) is 3. The Morgan fingerprint density at radius 3 is 2.96 bits per heavy atom. The van der Waals surface area contributed by atoms with E-state index >= 15 is 0 Å². The second-order valence-electron chi connectivity index (χ2n) is 5.95. The van der Waals surface area contributed by atoms with Gasteiger partial charge in [-0.3, -0.25) is 14.5 Å². The van der Waals surface area contributed by atoms with Gasteiger partial charge in [-0.25, -0.2) is 0 Å². The molecule has 2 heterocycles. The van der Waals surface area contributed by atoms with Gasteiger partial charge < -0.3 is 25.2 Å². The first-order valence-corrected chi connectivity index (χ1v) is 8.01. The van der Waals surface area contributed by atoms with E-state index in [0.717, 1.165) is 0 Å². The van der Waals surface area contributed by atoms with Crippen LogP contribution in [0.4, 0.5) is 5.69 Å². The van der Waals surface area contributed by atoms with Crippen LogP contribution in [0.25, 0.3) is 0 Å². The molecule has 0 bridgehead atoms. The van der Waals surface area contributed by atoms with E-state index in [1.165, 1.54) is 4.90 Å². The number of anilines is 1. The molecule has 2 unspecified atom stereocenters. The van der Waals surface area contributed by atoms with Gasteiger partial charge in [0.2, 0.25) is 6.35 Å². The lowest BCUT2D eigenvalue weighted by Crippen LogP contribution is -2.51. The van der Waals surface area contributed by atoms with Gasteiger partial charge in [0.1, 0.15) is 11.8 Å². The molecule has 1 fully saturated rings. The molecule has 0 radical (unpaired) electrons. The van der Waals surface area contributed by atoms with Crippen molar-refractivity contribution in [2.75, 3.05) is 25.5 Å². The average Bonchev–Trinajstić information content (AvgIpc) is 3.06. The SMILES string of the molecule is C=CCN1C(=O)c2ccc(OC)cc2NC1OC1CN[C@H](C(=O)O)C1. The number of nitrogens with zero attached hydrogens (tertiary/aromatic N) is 1. The lowest BCUT2D eigenvalue weighted by molar-refractivity contribution is -0.139. The van der Waals surface area contributed by atoms with E-state index in [1.807, 2.05) is 0 Å². The fraction of sp³-hybridized carbons (Fsp3) is 0.412. The Morgan fingerprint density at radius 2 is 2.32 bits per heavy atom. The number of benzene rings is 1. The van der Waals surface area contributed by atoms with Crippen molar-refractivity contribution in [3.8, 4) is 5.75 Å². The molecule has 1 amide bonds. The molecule has 2 aliphatic rings. The summed E-state index contributed by atoms with van der Waals surface area (Å²) in [6.45, 7) is 4.41. The first-order valence-electron chi connectivity index (χ1n) is 8.01. The molecule has 134 valence electrons. The molecule has 25 heavy (non-hydrogen) atoms. The molecule has 0 aromatic heterocycles. The zero-order chi connectivity index (χ0) is 18.0. The van der Waals surface area contributed by atoms with Crippen LogP contribution in [-0.4, -0.2) is 60.6 Å². The van der Waals surface area contributed by atoms with Crippen molar-refractivity contribution in [3.63, 3.8) is 0 Å². The number of amides is 1. The first kappa shape index (κ1) is 17.2. The predicted molar refractivity (Wildman–Crippen MR) is 90.6 cm³/mol. The van der Waals surface area contributed by atoms with Gasteiger partial charge >= 0.3 is 5.97 Å². The number of rotatable bonds is 6. The highest BCUT2D eigenvalue weighted by molar-refractivity contribution is 6.01. The third-order valence-electron chi connectivity index (χ3n) is 4.32. The number of carbonyl (C=O) groups is 2. The molecule has 3 atom stereocenters. The molecular formula is C17H21N3O5. The van der Waals surface area contributed by atoms with Crippen molar-refractivity contribution >= 4 is 17.6 Å². The molecule has 1 aromatic carbocycles. The number of aliphatic carboxylic acids is 1. The van der Waals surface area contributed by atoms with Crippen LogP contribution in [0.3, 0.4) is 0 Å². The van der Waals surface area contributed by atoms with Crippen molar-refractivity contribution < 1.29 is 24.2 Å². The van der Waals surface area contributed by atoms with E-state index in [9.17, 15) is 9.59 Å². The number of carbonyl (C=O) groups excluding carboxylic acids is 1. The van der Waals surface area contributed by atoms with E-state index in [1.54, 1.807) is 31.4 Å². The average molecular weight is 347 g/mol. The van der Waals surface area contributed by atoms with Crippen molar-refractivity contribution in [3.05, 3.63) is 36.4 Å². The molecule has 8 heteroatoms. The Hall–Kier alpha value is -2.58. The van der Waals surface area contributed by atoms with E-state index in [4.69, 9.17) is 14.6 Å². The number of ether oxygens (including phenoxy) is 2. The van der Waals surface area contributed by atoms with Gasteiger partial charge in [0.05, 0.1) is 24.5 Å². The summed E-state index contributed by atoms with van der Waals surface area (Å²) in [5, 5.41) is 15.2. The molecule has 3 N–H and O–H groups in total. The number of hydrogen-bond acceptors (Lipinski definition) is 6. The maximum atomic E-state index is 12.8. The van der Waals surface area contributed by atoms with E-state index < -0.39 is 18.4 Å².